The zero-order valence-electron chi connectivity index (χ0n) is 8.01. The van der Waals surface area contributed by atoms with Gasteiger partial charge in [-0.3, -0.25) is 0 Å². The molecule has 0 aliphatic rings. The second-order valence-corrected chi connectivity index (χ2v) is 3.51. The summed E-state index contributed by atoms with van der Waals surface area (Å²) in [4.78, 5) is 0. The Kier molecular flexibility index (Phi) is 2.68. The second kappa shape index (κ2) is 4.14. The van der Waals surface area contributed by atoms with E-state index in [-0.39, 0.29) is 0 Å². The normalized spacial score (nSPS) is 9.93. The van der Waals surface area contributed by atoms with Crippen molar-refractivity contribution in [3.63, 3.8) is 0 Å². The SMILES string of the molecule is COc1cc(N)ccc1Oc1nncs1. The number of anilines is 1. The van der Waals surface area contributed by atoms with Crippen LogP contribution in [0.15, 0.2) is 23.7 Å². The molecule has 1 heterocycles. The molecule has 0 amide bonds. The number of nitrogens with zero attached hydrogens (tertiary/aromatic N) is 2. The Hall–Kier alpha value is -1.82. The highest BCUT2D eigenvalue weighted by Gasteiger charge is 2.07. The van der Waals surface area contributed by atoms with Crippen molar-refractivity contribution < 1.29 is 9.47 Å². The fraction of sp³-hybridized carbons (Fsp3) is 0.111. The Morgan fingerprint density at radius 3 is 2.87 bits per heavy atom. The number of methoxy groups -OCH3 is 1. The molecule has 1 aromatic carbocycles. The van der Waals surface area contributed by atoms with Crippen LogP contribution < -0.4 is 15.2 Å². The van der Waals surface area contributed by atoms with Gasteiger partial charge in [0.1, 0.15) is 5.51 Å². The summed E-state index contributed by atoms with van der Waals surface area (Å²) in [5.41, 5.74) is 7.83. The van der Waals surface area contributed by atoms with Crippen LogP contribution in [0.3, 0.4) is 0 Å². The molecule has 6 heteroatoms. The molecule has 0 aliphatic heterocycles. The van der Waals surface area contributed by atoms with E-state index in [1.807, 2.05) is 0 Å². The second-order valence-electron chi connectivity index (χ2n) is 2.72. The number of hydrogen-bond donors (Lipinski definition) is 1. The summed E-state index contributed by atoms with van der Waals surface area (Å²) in [5.74, 6) is 1.15. The topological polar surface area (TPSA) is 70.3 Å². The van der Waals surface area contributed by atoms with Gasteiger partial charge in [-0.15, -0.1) is 5.10 Å². The minimum atomic E-state index is 0.470. The van der Waals surface area contributed by atoms with Gasteiger partial charge in [0, 0.05) is 11.8 Å². The highest BCUT2D eigenvalue weighted by molar-refractivity contribution is 7.11. The molecule has 0 saturated carbocycles. The molecule has 2 rings (SSSR count). The Bertz CT molecular complexity index is 445. The van der Waals surface area contributed by atoms with Crippen molar-refractivity contribution in [2.24, 2.45) is 0 Å². The lowest BCUT2D eigenvalue weighted by Crippen LogP contribution is -1.92. The molecule has 0 radical (unpaired) electrons. The maximum Gasteiger partial charge on any atom is 0.299 e. The van der Waals surface area contributed by atoms with E-state index in [1.165, 1.54) is 11.3 Å². The number of ether oxygens (including phenoxy) is 2. The fourth-order valence-corrected chi connectivity index (χ4v) is 1.49. The lowest BCUT2D eigenvalue weighted by atomic mass is 10.3. The summed E-state index contributed by atoms with van der Waals surface area (Å²) in [6.45, 7) is 0. The highest BCUT2D eigenvalue weighted by Crippen LogP contribution is 2.33. The molecule has 78 valence electrons. The van der Waals surface area contributed by atoms with Crippen LogP contribution >= 0.6 is 11.3 Å². The monoisotopic (exact) mass is 223 g/mol. The van der Waals surface area contributed by atoms with E-state index >= 15 is 0 Å². The van der Waals surface area contributed by atoms with Crippen LogP contribution in [0.2, 0.25) is 0 Å². The van der Waals surface area contributed by atoms with Crippen LogP contribution in [0.25, 0.3) is 0 Å². The van der Waals surface area contributed by atoms with Crippen LogP contribution in [-0.4, -0.2) is 17.3 Å². The summed E-state index contributed by atoms with van der Waals surface area (Å²) in [7, 11) is 1.56. The van der Waals surface area contributed by atoms with Crippen LogP contribution in [0, 0.1) is 0 Å². The van der Waals surface area contributed by atoms with Gasteiger partial charge in [0.25, 0.3) is 5.19 Å². The zero-order valence-corrected chi connectivity index (χ0v) is 8.82. The first-order chi connectivity index (χ1) is 7.29. The number of nitrogen functional groups attached to an aromatic ring is 1. The van der Waals surface area contributed by atoms with E-state index in [4.69, 9.17) is 15.2 Å². The molecule has 0 saturated heterocycles. The first-order valence-corrected chi connectivity index (χ1v) is 5.05. The van der Waals surface area contributed by atoms with E-state index in [2.05, 4.69) is 10.2 Å². The summed E-state index contributed by atoms with van der Waals surface area (Å²) in [5, 5.41) is 7.91. The molecular formula is C9H9N3O2S. The number of nitrogens with two attached hydrogens (primary N) is 1. The third kappa shape index (κ3) is 2.16. The minimum Gasteiger partial charge on any atom is -0.493 e. The van der Waals surface area contributed by atoms with E-state index in [9.17, 15) is 0 Å². The molecule has 0 spiro atoms. The van der Waals surface area contributed by atoms with Crippen LogP contribution in [0.4, 0.5) is 5.69 Å². The first-order valence-electron chi connectivity index (χ1n) is 4.17. The molecule has 0 bridgehead atoms. The van der Waals surface area contributed by atoms with Crippen LogP contribution in [0.5, 0.6) is 16.7 Å². The Labute approximate surface area is 90.5 Å². The average molecular weight is 223 g/mol. The molecular weight excluding hydrogens is 214 g/mol. The van der Waals surface area contributed by atoms with Crippen molar-refractivity contribution in [3.8, 4) is 16.7 Å². The predicted molar refractivity (Wildman–Crippen MR) is 57.4 cm³/mol. The van der Waals surface area contributed by atoms with Crippen LogP contribution in [-0.2, 0) is 0 Å². The number of aromatic nitrogens is 2. The van der Waals surface area contributed by atoms with Gasteiger partial charge in [-0.05, 0) is 12.1 Å². The quantitative estimate of drug-likeness (QED) is 0.805. The van der Waals surface area contributed by atoms with Crippen molar-refractivity contribution >= 4 is 17.0 Å². The largest absolute Gasteiger partial charge is 0.493 e. The minimum absolute atomic E-state index is 0.470. The van der Waals surface area contributed by atoms with E-state index in [0.29, 0.717) is 22.4 Å². The molecule has 15 heavy (non-hydrogen) atoms. The van der Waals surface area contributed by atoms with Crippen molar-refractivity contribution in [2.75, 3.05) is 12.8 Å². The number of hydrogen-bond acceptors (Lipinski definition) is 6. The maximum atomic E-state index is 5.62. The summed E-state index contributed by atoms with van der Waals surface area (Å²) in [6.07, 6.45) is 0. The Morgan fingerprint density at radius 1 is 1.33 bits per heavy atom. The summed E-state index contributed by atoms with van der Waals surface area (Å²) >= 11 is 1.31. The molecule has 0 unspecified atom stereocenters. The molecule has 1 aromatic heterocycles. The van der Waals surface area contributed by atoms with Crippen LogP contribution in [0.1, 0.15) is 0 Å². The third-order valence-corrected chi connectivity index (χ3v) is 2.29. The van der Waals surface area contributed by atoms with Crippen molar-refractivity contribution in [2.45, 2.75) is 0 Å². The fourth-order valence-electron chi connectivity index (χ4n) is 1.07. The maximum absolute atomic E-state index is 5.62. The van der Waals surface area contributed by atoms with Gasteiger partial charge in [0.05, 0.1) is 7.11 Å². The smallest absolute Gasteiger partial charge is 0.299 e. The summed E-state index contributed by atoms with van der Waals surface area (Å²) < 4.78 is 10.6. The van der Waals surface area contributed by atoms with Gasteiger partial charge in [0.15, 0.2) is 11.5 Å². The molecule has 5 nitrogen and oxygen atoms in total. The van der Waals surface area contributed by atoms with E-state index in [1.54, 1.807) is 30.8 Å². The van der Waals surface area contributed by atoms with E-state index in [0.717, 1.165) is 0 Å². The third-order valence-electron chi connectivity index (χ3n) is 1.72. The highest BCUT2D eigenvalue weighted by atomic mass is 32.1. The van der Waals surface area contributed by atoms with Gasteiger partial charge in [-0.2, -0.15) is 0 Å². The first kappa shape index (κ1) is 9.72. The number of benzene rings is 1. The van der Waals surface area contributed by atoms with E-state index < -0.39 is 0 Å². The Morgan fingerprint density at radius 2 is 2.20 bits per heavy atom. The van der Waals surface area contributed by atoms with Gasteiger partial charge < -0.3 is 15.2 Å². The predicted octanol–water partition coefficient (Wildman–Crippen LogP) is 1.92. The van der Waals surface area contributed by atoms with Gasteiger partial charge >= 0.3 is 0 Å². The van der Waals surface area contributed by atoms with Gasteiger partial charge in [-0.1, -0.05) is 16.4 Å². The molecule has 2 aromatic rings. The van der Waals surface area contributed by atoms with Gasteiger partial charge in [0.2, 0.25) is 0 Å². The molecule has 2 N–H and O–H groups in total. The van der Waals surface area contributed by atoms with Gasteiger partial charge in [-0.25, -0.2) is 0 Å². The zero-order chi connectivity index (χ0) is 10.7. The Balaban J connectivity index is 2.28. The van der Waals surface area contributed by atoms with Crippen molar-refractivity contribution in [1.29, 1.82) is 0 Å². The molecule has 0 atom stereocenters. The molecule has 0 fully saturated rings. The van der Waals surface area contributed by atoms with Crippen molar-refractivity contribution in [1.82, 2.24) is 10.2 Å². The average Bonchev–Trinajstić information content (AvgIpc) is 2.73. The lowest BCUT2D eigenvalue weighted by Gasteiger charge is -2.07. The van der Waals surface area contributed by atoms with Crippen molar-refractivity contribution in [3.05, 3.63) is 23.7 Å². The standard InChI is InChI=1S/C9H9N3O2S/c1-13-8-4-6(10)2-3-7(8)14-9-12-11-5-15-9/h2-5H,10H2,1H3. The number of rotatable bonds is 3. The molecule has 0 aliphatic carbocycles. The lowest BCUT2D eigenvalue weighted by molar-refractivity contribution is 0.377. The summed E-state index contributed by atoms with van der Waals surface area (Å²) in [6, 6.07) is 5.16.